The molecule has 2 heterocycles. The van der Waals surface area contributed by atoms with Crippen molar-refractivity contribution in [2.45, 2.75) is 72.6 Å². The van der Waals surface area contributed by atoms with Crippen LogP contribution in [0.25, 0.3) is 0 Å². The van der Waals surface area contributed by atoms with Crippen LogP contribution in [0, 0.1) is 29.6 Å². The summed E-state index contributed by atoms with van der Waals surface area (Å²) in [5.41, 5.74) is 1.38. The number of piperidine rings is 1. The third-order valence-corrected chi connectivity index (χ3v) is 7.05. The topological polar surface area (TPSA) is 62.4 Å². The molecule has 1 fully saturated rings. The zero-order valence-corrected chi connectivity index (χ0v) is 19.3. The first-order valence-electron chi connectivity index (χ1n) is 11.5. The van der Waals surface area contributed by atoms with Crippen molar-refractivity contribution in [2.24, 2.45) is 29.6 Å². The Balaban J connectivity index is 1.66. The number of aliphatic hydroxyl groups is 1. The van der Waals surface area contributed by atoms with Crippen molar-refractivity contribution in [1.82, 2.24) is 15.1 Å². The maximum absolute atomic E-state index is 9.40. The van der Waals surface area contributed by atoms with Crippen LogP contribution in [0.2, 0.25) is 0 Å². The molecule has 1 saturated heterocycles. The average Bonchev–Trinajstić information content (AvgIpc) is 3.13. The van der Waals surface area contributed by atoms with Crippen LogP contribution in [0.3, 0.4) is 0 Å². The summed E-state index contributed by atoms with van der Waals surface area (Å²) in [6.07, 6.45) is 6.86. The first kappa shape index (κ1) is 22.5. The van der Waals surface area contributed by atoms with E-state index < -0.39 is 0 Å². The van der Waals surface area contributed by atoms with Crippen LogP contribution in [0.15, 0.2) is 16.1 Å². The highest BCUT2D eigenvalue weighted by Crippen LogP contribution is 2.39. The predicted molar refractivity (Wildman–Crippen MR) is 117 cm³/mol. The third-order valence-electron chi connectivity index (χ3n) is 7.05. The molecule has 164 valence electrons. The van der Waals surface area contributed by atoms with E-state index in [0.29, 0.717) is 36.2 Å². The van der Waals surface area contributed by atoms with E-state index in [0.717, 1.165) is 50.7 Å². The molecule has 0 saturated carbocycles. The third kappa shape index (κ3) is 5.69. The quantitative estimate of drug-likeness (QED) is 0.710. The molecule has 3 rings (SSSR count). The molecule has 5 heteroatoms. The molecule has 2 aliphatic rings. The van der Waals surface area contributed by atoms with E-state index in [1.807, 2.05) is 0 Å². The van der Waals surface area contributed by atoms with Gasteiger partial charge in [0.25, 0.3) is 0 Å². The second-order valence-electron chi connectivity index (χ2n) is 10.8. The maximum Gasteiger partial charge on any atom is 0.221 e. The highest BCUT2D eigenvalue weighted by atomic mass is 16.4. The van der Waals surface area contributed by atoms with Gasteiger partial charge in [0, 0.05) is 25.0 Å². The molecular weight excluding hydrogens is 362 g/mol. The average molecular weight is 404 g/mol. The number of likely N-dealkylation sites (tertiary alicyclic amines) is 1. The molecule has 3 atom stereocenters. The number of allylic oxidation sites excluding steroid dienone is 1. The van der Waals surface area contributed by atoms with E-state index in [-0.39, 0.29) is 5.41 Å². The molecule has 1 aliphatic heterocycles. The van der Waals surface area contributed by atoms with Crippen molar-refractivity contribution in [3.8, 4) is 0 Å². The van der Waals surface area contributed by atoms with Gasteiger partial charge in [-0.3, -0.25) is 0 Å². The van der Waals surface area contributed by atoms with Gasteiger partial charge in [-0.1, -0.05) is 46.3 Å². The van der Waals surface area contributed by atoms with Gasteiger partial charge >= 0.3 is 0 Å². The highest BCUT2D eigenvalue weighted by molar-refractivity contribution is 5.14. The predicted octanol–water partition coefficient (Wildman–Crippen LogP) is 4.47. The number of rotatable bonds is 6. The second kappa shape index (κ2) is 9.30. The minimum Gasteiger partial charge on any atom is -0.425 e. The Hall–Kier alpha value is -1.20. The smallest absolute Gasteiger partial charge is 0.221 e. The van der Waals surface area contributed by atoms with E-state index in [1.165, 1.54) is 12.0 Å². The zero-order valence-electron chi connectivity index (χ0n) is 19.3. The fraction of sp³-hybridized carbons (Fsp3) is 0.833. The summed E-state index contributed by atoms with van der Waals surface area (Å²) >= 11 is 0. The zero-order chi connectivity index (χ0) is 21.2. The van der Waals surface area contributed by atoms with Gasteiger partial charge in [0.2, 0.25) is 11.8 Å². The summed E-state index contributed by atoms with van der Waals surface area (Å²) < 4.78 is 5.99. The van der Waals surface area contributed by atoms with Crippen LogP contribution in [0.5, 0.6) is 0 Å². The van der Waals surface area contributed by atoms with E-state index >= 15 is 0 Å². The van der Waals surface area contributed by atoms with Gasteiger partial charge < -0.3 is 14.4 Å². The van der Waals surface area contributed by atoms with E-state index in [4.69, 9.17) is 4.42 Å². The first-order valence-corrected chi connectivity index (χ1v) is 11.5. The molecule has 3 unspecified atom stereocenters. The Morgan fingerprint density at radius 2 is 1.90 bits per heavy atom. The normalized spacial score (nSPS) is 27.4. The number of nitrogens with zero attached hydrogens (tertiary/aromatic N) is 3. The minimum atomic E-state index is -0.0995. The fourth-order valence-electron chi connectivity index (χ4n) is 4.99. The molecule has 1 N–H and O–H groups in total. The molecule has 0 aromatic carbocycles. The molecule has 5 nitrogen and oxygen atoms in total. The molecule has 0 radical (unpaired) electrons. The van der Waals surface area contributed by atoms with Crippen molar-refractivity contribution >= 4 is 0 Å². The van der Waals surface area contributed by atoms with Gasteiger partial charge in [-0.05, 0) is 68.9 Å². The van der Waals surface area contributed by atoms with Gasteiger partial charge in [0.15, 0.2) is 0 Å². The van der Waals surface area contributed by atoms with Crippen molar-refractivity contribution in [1.29, 1.82) is 0 Å². The van der Waals surface area contributed by atoms with Gasteiger partial charge in [-0.2, -0.15) is 0 Å². The van der Waals surface area contributed by atoms with Crippen molar-refractivity contribution in [3.05, 3.63) is 23.4 Å². The Morgan fingerprint density at radius 3 is 2.45 bits per heavy atom. The summed E-state index contributed by atoms with van der Waals surface area (Å²) in [5.74, 6) is 4.47. The summed E-state index contributed by atoms with van der Waals surface area (Å²) in [5, 5.41) is 18.0. The highest BCUT2D eigenvalue weighted by Gasteiger charge is 2.34. The maximum atomic E-state index is 9.40. The molecule has 0 bridgehead atoms. The molecule has 29 heavy (non-hydrogen) atoms. The molecule has 1 aliphatic carbocycles. The van der Waals surface area contributed by atoms with Crippen molar-refractivity contribution < 1.29 is 9.52 Å². The second-order valence-corrected chi connectivity index (χ2v) is 10.8. The van der Waals surface area contributed by atoms with Gasteiger partial charge in [-0.15, -0.1) is 10.2 Å². The molecule has 0 spiro atoms. The standard InChI is InChI=1S/C24H41N3O2/c1-16(2)21-12-19(13-22-25-26-23(29-22)24(4,5)6)17(3)11-20(21)14-27-9-7-18(15-28)8-10-27/h11,16,18-21,28H,7-10,12-15H2,1-6H3. The van der Waals surface area contributed by atoms with Gasteiger partial charge in [-0.25, -0.2) is 0 Å². The van der Waals surface area contributed by atoms with Crippen LogP contribution in [-0.4, -0.2) is 46.4 Å². The number of hydrogen-bond acceptors (Lipinski definition) is 5. The Morgan fingerprint density at radius 1 is 1.21 bits per heavy atom. The SMILES string of the molecule is CC1=CC(CN2CCC(CO)CC2)C(C(C)C)CC1Cc1nnc(C(C)(C)C)o1. The van der Waals surface area contributed by atoms with Crippen LogP contribution in [-0.2, 0) is 11.8 Å². The summed E-state index contributed by atoms with van der Waals surface area (Å²) in [4.78, 5) is 2.62. The summed E-state index contributed by atoms with van der Waals surface area (Å²) in [6.45, 7) is 17.1. The van der Waals surface area contributed by atoms with Crippen LogP contribution < -0.4 is 0 Å². The molecule has 0 amide bonds. The lowest BCUT2D eigenvalue weighted by Crippen LogP contribution is -2.41. The number of aliphatic hydroxyl groups excluding tert-OH is 1. The first-order chi connectivity index (χ1) is 13.7. The van der Waals surface area contributed by atoms with Crippen LogP contribution >= 0.6 is 0 Å². The monoisotopic (exact) mass is 403 g/mol. The summed E-state index contributed by atoms with van der Waals surface area (Å²) in [7, 11) is 0. The number of hydrogen-bond donors (Lipinski definition) is 1. The van der Waals surface area contributed by atoms with Crippen LogP contribution in [0.4, 0.5) is 0 Å². The lowest BCUT2D eigenvalue weighted by Gasteiger charge is -2.40. The lowest BCUT2D eigenvalue weighted by atomic mass is 9.69. The molecule has 1 aromatic heterocycles. The lowest BCUT2D eigenvalue weighted by molar-refractivity contribution is 0.103. The Labute approximate surface area is 177 Å². The molecule has 1 aromatic rings. The van der Waals surface area contributed by atoms with Crippen molar-refractivity contribution in [3.63, 3.8) is 0 Å². The van der Waals surface area contributed by atoms with Crippen LogP contribution in [0.1, 0.15) is 72.6 Å². The van der Waals surface area contributed by atoms with E-state index in [2.05, 4.69) is 62.7 Å². The Bertz CT molecular complexity index is 681. The minimum absolute atomic E-state index is 0.0995. The van der Waals surface area contributed by atoms with E-state index in [1.54, 1.807) is 0 Å². The number of aromatic nitrogens is 2. The van der Waals surface area contributed by atoms with Crippen molar-refractivity contribution in [2.75, 3.05) is 26.2 Å². The largest absolute Gasteiger partial charge is 0.425 e. The fourth-order valence-corrected chi connectivity index (χ4v) is 4.99. The van der Waals surface area contributed by atoms with Gasteiger partial charge in [0.1, 0.15) is 0 Å². The Kier molecular flexibility index (Phi) is 7.21. The van der Waals surface area contributed by atoms with E-state index in [9.17, 15) is 5.11 Å². The summed E-state index contributed by atoms with van der Waals surface area (Å²) in [6, 6.07) is 0. The van der Waals surface area contributed by atoms with Gasteiger partial charge in [0.05, 0.1) is 0 Å². The molecular formula is C24H41N3O2.